The number of aromatic nitrogens is 3. The smallest absolute Gasteiger partial charge is 0.259 e. The van der Waals surface area contributed by atoms with Gasteiger partial charge in [-0.1, -0.05) is 0 Å². The van der Waals surface area contributed by atoms with Crippen LogP contribution in [0.4, 0.5) is 8.78 Å². The first kappa shape index (κ1) is 27.9. The van der Waals surface area contributed by atoms with Gasteiger partial charge in [-0.25, -0.2) is 8.78 Å². The number of ether oxygens (including phenoxy) is 1. The van der Waals surface area contributed by atoms with Crippen molar-refractivity contribution in [2.75, 3.05) is 46.4 Å². The topological polar surface area (TPSA) is 83.5 Å². The Kier molecular flexibility index (Phi) is 8.16. The van der Waals surface area contributed by atoms with Crippen LogP contribution in [0.25, 0.3) is 21.8 Å². The largest absolute Gasteiger partial charge is 0.385 e. The van der Waals surface area contributed by atoms with Crippen molar-refractivity contribution in [3.63, 3.8) is 0 Å². The molecule has 0 spiro atoms. The number of ketones is 1. The molecule has 10 heteroatoms. The molecule has 0 bridgehead atoms. The predicted octanol–water partition coefficient (Wildman–Crippen LogP) is 4.24. The summed E-state index contributed by atoms with van der Waals surface area (Å²) in [5, 5.41) is 5.68. The zero-order valence-corrected chi connectivity index (χ0v) is 23.1. The second kappa shape index (κ2) is 11.4. The van der Waals surface area contributed by atoms with Crippen LogP contribution in [-0.2, 0) is 11.3 Å². The minimum atomic E-state index is -2.59. The molecule has 8 nitrogen and oxygen atoms in total. The number of nitrogens with zero attached hydrogens (tertiary/aromatic N) is 4. The van der Waals surface area contributed by atoms with Crippen molar-refractivity contribution in [2.24, 2.45) is 5.92 Å². The fourth-order valence-corrected chi connectivity index (χ4v) is 6.25. The van der Waals surface area contributed by atoms with E-state index in [-0.39, 0.29) is 30.1 Å². The SMILES string of the molecule is COCCCN1CCN(CC(=O)c2cc3c(cc2C)[nH]c(=O)c2cnn(CC4CCC(F)(F)CC4)c23)C[C@@H]1C. The summed E-state index contributed by atoms with van der Waals surface area (Å²) in [6.45, 7) is 9.23. The summed E-state index contributed by atoms with van der Waals surface area (Å²) in [4.78, 5) is 34.0. The molecule has 3 aromatic rings. The van der Waals surface area contributed by atoms with Gasteiger partial charge in [0.05, 0.1) is 29.2 Å². The molecular formula is C29H39F2N5O3. The predicted molar refractivity (Wildman–Crippen MR) is 148 cm³/mol. The molecule has 1 aliphatic heterocycles. The summed E-state index contributed by atoms with van der Waals surface area (Å²) in [5.41, 5.74) is 2.52. The first-order valence-electron chi connectivity index (χ1n) is 14.0. The van der Waals surface area contributed by atoms with Crippen LogP contribution in [0.3, 0.4) is 0 Å². The molecule has 1 atom stereocenters. The van der Waals surface area contributed by atoms with E-state index in [9.17, 15) is 18.4 Å². The number of benzene rings is 1. The number of hydrogen-bond donors (Lipinski definition) is 1. The second-order valence-electron chi connectivity index (χ2n) is 11.4. The number of carbonyl (C=O) groups is 1. The number of alkyl halides is 2. The monoisotopic (exact) mass is 543 g/mol. The quantitative estimate of drug-likeness (QED) is 0.321. The number of H-pyrrole nitrogens is 1. The van der Waals surface area contributed by atoms with Crippen molar-refractivity contribution in [1.82, 2.24) is 24.6 Å². The first-order chi connectivity index (χ1) is 18.6. The number of carbonyl (C=O) groups excluding carboxylic acids is 1. The van der Waals surface area contributed by atoms with Crippen molar-refractivity contribution in [1.29, 1.82) is 0 Å². The zero-order valence-electron chi connectivity index (χ0n) is 23.1. The number of rotatable bonds is 9. The minimum Gasteiger partial charge on any atom is -0.385 e. The molecule has 2 aliphatic rings. The van der Waals surface area contributed by atoms with Crippen LogP contribution in [0.2, 0.25) is 0 Å². The van der Waals surface area contributed by atoms with Crippen molar-refractivity contribution >= 4 is 27.6 Å². The highest BCUT2D eigenvalue weighted by Crippen LogP contribution is 2.37. The van der Waals surface area contributed by atoms with Crippen molar-refractivity contribution in [3.8, 4) is 0 Å². The summed E-state index contributed by atoms with van der Waals surface area (Å²) >= 11 is 0. The molecular weight excluding hydrogens is 504 g/mol. The zero-order chi connectivity index (χ0) is 27.7. The Morgan fingerprint density at radius 2 is 1.97 bits per heavy atom. The summed E-state index contributed by atoms with van der Waals surface area (Å²) in [5.74, 6) is -2.47. The van der Waals surface area contributed by atoms with Gasteiger partial charge in [0.15, 0.2) is 5.78 Å². The molecule has 1 saturated carbocycles. The Morgan fingerprint density at radius 3 is 2.69 bits per heavy atom. The van der Waals surface area contributed by atoms with Crippen LogP contribution in [0.5, 0.6) is 0 Å². The summed E-state index contributed by atoms with van der Waals surface area (Å²) in [6, 6.07) is 4.10. The number of hydrogen-bond acceptors (Lipinski definition) is 6. The molecule has 1 aliphatic carbocycles. The average Bonchev–Trinajstić information content (AvgIpc) is 3.31. The highest BCUT2D eigenvalue weighted by atomic mass is 19.3. The van der Waals surface area contributed by atoms with E-state index in [1.807, 2.05) is 19.1 Å². The van der Waals surface area contributed by atoms with Gasteiger partial charge in [0.1, 0.15) is 0 Å². The molecule has 3 heterocycles. The first-order valence-corrected chi connectivity index (χ1v) is 14.0. The molecule has 39 heavy (non-hydrogen) atoms. The van der Waals surface area contributed by atoms with E-state index in [0.29, 0.717) is 54.0 Å². The van der Waals surface area contributed by atoms with E-state index in [4.69, 9.17) is 4.74 Å². The molecule has 1 saturated heterocycles. The summed E-state index contributed by atoms with van der Waals surface area (Å²) in [6.07, 6.45) is 3.16. The maximum Gasteiger partial charge on any atom is 0.259 e. The molecule has 0 amide bonds. The van der Waals surface area contributed by atoms with Gasteiger partial charge in [-0.3, -0.25) is 24.1 Å². The van der Waals surface area contributed by atoms with E-state index in [2.05, 4.69) is 26.8 Å². The lowest BCUT2D eigenvalue weighted by molar-refractivity contribution is -0.0475. The third-order valence-corrected chi connectivity index (χ3v) is 8.53. The Hall–Kier alpha value is -2.69. The third kappa shape index (κ3) is 6.07. The van der Waals surface area contributed by atoms with Crippen LogP contribution in [0.1, 0.15) is 54.9 Å². The Morgan fingerprint density at radius 1 is 1.21 bits per heavy atom. The third-order valence-electron chi connectivity index (χ3n) is 8.53. The summed E-state index contributed by atoms with van der Waals surface area (Å²) < 4.78 is 34.3. The van der Waals surface area contributed by atoms with Crippen molar-refractivity contribution in [3.05, 3.63) is 39.8 Å². The van der Waals surface area contributed by atoms with Gasteiger partial charge >= 0.3 is 0 Å². The number of aryl methyl sites for hydroxylation is 1. The Labute approximate surface area is 227 Å². The van der Waals surface area contributed by atoms with Gasteiger partial charge in [0.25, 0.3) is 5.56 Å². The Balaban J connectivity index is 1.37. The van der Waals surface area contributed by atoms with Gasteiger partial charge in [-0.05, 0) is 56.7 Å². The van der Waals surface area contributed by atoms with E-state index in [1.54, 1.807) is 18.0 Å². The number of fused-ring (bicyclic) bond motifs is 3. The standard InChI is InChI=1S/C29H39F2N5O3/c1-19-13-25-23(14-22(19)26(37)18-34-10-11-35(20(2)16-34)9-4-12-39-3)27-24(28(38)33-25)15-32-36(27)17-21-5-7-29(30,31)8-6-21/h13-15,20-21H,4-12,16-18H2,1-3H3,(H,33,38)/t20-/m0/s1. The molecule has 5 rings (SSSR count). The maximum atomic E-state index is 13.7. The fourth-order valence-electron chi connectivity index (χ4n) is 6.25. The molecule has 1 N–H and O–H groups in total. The maximum absolute atomic E-state index is 13.7. The molecule has 0 unspecified atom stereocenters. The van der Waals surface area contributed by atoms with Crippen LogP contribution in [0, 0.1) is 12.8 Å². The van der Waals surface area contributed by atoms with Crippen LogP contribution in [-0.4, -0.2) is 88.8 Å². The molecule has 1 aromatic carbocycles. The van der Waals surface area contributed by atoms with Gasteiger partial charge < -0.3 is 9.72 Å². The molecule has 2 aromatic heterocycles. The van der Waals surface area contributed by atoms with E-state index >= 15 is 0 Å². The van der Waals surface area contributed by atoms with Crippen molar-refractivity contribution < 1.29 is 18.3 Å². The highest BCUT2D eigenvalue weighted by molar-refractivity contribution is 6.08. The average molecular weight is 544 g/mol. The van der Waals surface area contributed by atoms with Crippen LogP contribution in [0.15, 0.2) is 23.1 Å². The number of methoxy groups -OCH3 is 1. The second-order valence-corrected chi connectivity index (χ2v) is 11.4. The number of piperazine rings is 1. The van der Waals surface area contributed by atoms with Crippen LogP contribution >= 0.6 is 0 Å². The molecule has 212 valence electrons. The van der Waals surface area contributed by atoms with Gasteiger partial charge in [-0.15, -0.1) is 0 Å². The van der Waals surface area contributed by atoms with E-state index in [0.717, 1.165) is 50.2 Å². The van der Waals surface area contributed by atoms with Gasteiger partial charge in [0, 0.05) is 76.3 Å². The fraction of sp³-hybridized carbons (Fsp3) is 0.621. The van der Waals surface area contributed by atoms with Gasteiger partial charge in [0.2, 0.25) is 5.92 Å². The molecule has 0 radical (unpaired) electrons. The summed E-state index contributed by atoms with van der Waals surface area (Å²) in [7, 11) is 1.72. The number of pyridine rings is 1. The minimum absolute atomic E-state index is 0.0503. The normalized spacial score (nSPS) is 21.2. The lowest BCUT2D eigenvalue weighted by Gasteiger charge is -2.39. The van der Waals surface area contributed by atoms with E-state index < -0.39 is 5.92 Å². The molecule has 2 fully saturated rings. The number of halogens is 2. The van der Waals surface area contributed by atoms with Gasteiger partial charge in [-0.2, -0.15) is 5.10 Å². The number of Topliss-reactive ketones (excluding diaryl/α,β-unsaturated/α-hetero) is 1. The van der Waals surface area contributed by atoms with Crippen molar-refractivity contribution in [2.45, 2.75) is 64.5 Å². The van der Waals surface area contributed by atoms with Crippen LogP contribution < -0.4 is 5.56 Å². The van der Waals surface area contributed by atoms with E-state index in [1.165, 1.54) is 0 Å². The number of aromatic amines is 1. The highest BCUT2D eigenvalue weighted by Gasteiger charge is 2.35. The lowest BCUT2D eigenvalue weighted by Crippen LogP contribution is -2.53. The number of nitrogens with one attached hydrogen (secondary N) is 1. The lowest BCUT2D eigenvalue weighted by atomic mass is 9.87. The Bertz CT molecular complexity index is 1390.